The molecular formula is C22H36N4O3. The van der Waals surface area contributed by atoms with Gasteiger partial charge in [0, 0.05) is 20.2 Å². The number of urea groups is 2. The van der Waals surface area contributed by atoms with Crippen LogP contribution in [0.4, 0.5) is 9.59 Å². The van der Waals surface area contributed by atoms with Crippen molar-refractivity contribution >= 4 is 18.0 Å². The second kappa shape index (κ2) is 9.46. The van der Waals surface area contributed by atoms with Crippen molar-refractivity contribution in [3.05, 3.63) is 24.3 Å². The molecule has 0 unspecified atom stereocenters. The molecule has 0 aromatic heterocycles. The number of allylic oxidation sites excluding steroid dienone is 3. The first kappa shape index (κ1) is 23.0. The molecule has 2 aliphatic rings. The van der Waals surface area contributed by atoms with E-state index >= 15 is 0 Å². The molecule has 162 valence electrons. The number of amides is 5. The van der Waals surface area contributed by atoms with Crippen molar-refractivity contribution in [2.24, 2.45) is 0 Å². The fraction of sp³-hybridized carbons (Fsp3) is 0.682. The number of hydrogen-bond donors (Lipinski definition) is 1. The third-order valence-electron chi connectivity index (χ3n) is 6.49. The molecule has 0 aromatic rings. The summed E-state index contributed by atoms with van der Waals surface area (Å²) in [4.78, 5) is 41.7. The van der Waals surface area contributed by atoms with Crippen LogP contribution in [0.25, 0.3) is 0 Å². The van der Waals surface area contributed by atoms with Gasteiger partial charge in [0.05, 0.1) is 0 Å². The zero-order chi connectivity index (χ0) is 21.7. The van der Waals surface area contributed by atoms with Gasteiger partial charge in [-0.2, -0.15) is 0 Å². The highest BCUT2D eigenvalue weighted by molar-refractivity contribution is 6.04. The minimum atomic E-state index is -1.13. The summed E-state index contributed by atoms with van der Waals surface area (Å²) in [6.07, 6.45) is 16.8. The molecule has 5 amide bonds. The highest BCUT2D eigenvalue weighted by Gasteiger charge is 2.70. The molecular weight excluding hydrogens is 368 g/mol. The van der Waals surface area contributed by atoms with E-state index in [1.807, 2.05) is 12.2 Å². The largest absolute Gasteiger partial charge is 0.330 e. The number of nitrogens with one attached hydrogen (secondary N) is 1. The predicted octanol–water partition coefficient (Wildman–Crippen LogP) is 4.22. The third kappa shape index (κ3) is 4.19. The highest BCUT2D eigenvalue weighted by Crippen LogP contribution is 2.44. The molecule has 0 bridgehead atoms. The molecule has 2 fully saturated rings. The van der Waals surface area contributed by atoms with Crippen LogP contribution in [0.5, 0.6) is 0 Å². The Morgan fingerprint density at radius 3 is 2.24 bits per heavy atom. The van der Waals surface area contributed by atoms with Gasteiger partial charge in [0.2, 0.25) is 0 Å². The van der Waals surface area contributed by atoms with Gasteiger partial charge < -0.3 is 15.1 Å². The predicted molar refractivity (Wildman–Crippen MR) is 114 cm³/mol. The molecule has 0 aliphatic carbocycles. The molecule has 2 rings (SSSR count). The van der Waals surface area contributed by atoms with E-state index in [4.69, 9.17) is 0 Å². The number of carbonyl (C=O) groups is 3. The summed E-state index contributed by atoms with van der Waals surface area (Å²) in [6, 6.07) is -0.741. The van der Waals surface area contributed by atoms with E-state index in [0.29, 0.717) is 0 Å². The van der Waals surface area contributed by atoms with E-state index in [0.717, 1.165) is 17.7 Å². The smallest absolute Gasteiger partial charge is 0.311 e. The Hall–Kier alpha value is -2.31. The van der Waals surface area contributed by atoms with E-state index in [1.165, 1.54) is 54.4 Å². The zero-order valence-electron chi connectivity index (χ0n) is 18.5. The molecule has 0 radical (unpaired) electrons. The lowest BCUT2D eigenvalue weighted by Crippen LogP contribution is -2.64. The topological polar surface area (TPSA) is 73.0 Å². The summed E-state index contributed by atoms with van der Waals surface area (Å²) < 4.78 is 0. The maximum Gasteiger partial charge on any atom is 0.330 e. The van der Waals surface area contributed by atoms with Crippen molar-refractivity contribution in [2.75, 3.05) is 14.1 Å². The number of imide groups is 1. The second-order valence-corrected chi connectivity index (χ2v) is 8.29. The van der Waals surface area contributed by atoms with Gasteiger partial charge in [-0.3, -0.25) is 4.79 Å². The van der Waals surface area contributed by atoms with Crippen LogP contribution >= 0.6 is 0 Å². The van der Waals surface area contributed by atoms with Crippen LogP contribution in [0.15, 0.2) is 24.3 Å². The minimum absolute atomic E-state index is 0.314. The molecule has 2 aliphatic heterocycles. The summed E-state index contributed by atoms with van der Waals surface area (Å²) in [5.41, 5.74) is -2.08. The standard InChI is InChI=1S/C22H36N4O3/c1-6-7-8-9-10-11-12-13-14-15-16-17-18(27)26-20(29)25(5)22(3)21(26,2)23-19(28)24(22)4/h14-17H,6-13H2,1-5H3,(H,23,28)/b15-14+,17-16+/t21-,22+/m0/s1. The quantitative estimate of drug-likeness (QED) is 0.337. The molecule has 0 spiro atoms. The Kier molecular flexibility index (Phi) is 7.49. The fourth-order valence-corrected chi connectivity index (χ4v) is 4.20. The molecule has 7 heteroatoms. The second-order valence-electron chi connectivity index (χ2n) is 8.29. The van der Waals surface area contributed by atoms with Crippen LogP contribution in [0.1, 0.15) is 72.1 Å². The van der Waals surface area contributed by atoms with Gasteiger partial charge in [-0.05, 0) is 26.7 Å². The number of fused-ring (bicyclic) bond motifs is 1. The highest BCUT2D eigenvalue weighted by atomic mass is 16.2. The van der Waals surface area contributed by atoms with Gasteiger partial charge in [0.1, 0.15) is 0 Å². The SMILES string of the molecule is CCCCCCCCC/C=C/C=C/C(=O)N1C(=O)N(C)[C@@]2(C)N(C)C(=O)N[C@@]12C. The van der Waals surface area contributed by atoms with E-state index in [-0.39, 0.29) is 6.03 Å². The number of hydrogen-bond acceptors (Lipinski definition) is 3. The number of unbranched alkanes of at least 4 members (excludes halogenated alkanes) is 7. The Labute approximate surface area is 174 Å². The van der Waals surface area contributed by atoms with Crippen molar-refractivity contribution in [1.82, 2.24) is 20.0 Å². The van der Waals surface area contributed by atoms with Crippen LogP contribution in [0.3, 0.4) is 0 Å². The Balaban J connectivity index is 1.87. The van der Waals surface area contributed by atoms with Gasteiger partial charge >= 0.3 is 12.1 Å². The lowest BCUT2D eigenvalue weighted by atomic mass is 9.97. The van der Waals surface area contributed by atoms with Crippen LogP contribution in [0.2, 0.25) is 0 Å². The Morgan fingerprint density at radius 2 is 1.59 bits per heavy atom. The number of likely N-dealkylation sites (N-methyl/N-ethyl adjacent to an activating group) is 2. The summed E-state index contributed by atoms with van der Waals surface area (Å²) >= 11 is 0. The fourth-order valence-electron chi connectivity index (χ4n) is 4.20. The molecule has 0 saturated carbocycles. The Bertz CT molecular complexity index is 690. The maximum absolute atomic E-state index is 12.8. The molecule has 1 N–H and O–H groups in total. The summed E-state index contributed by atoms with van der Waals surface area (Å²) in [7, 11) is 3.23. The first-order chi connectivity index (χ1) is 13.7. The van der Waals surface area contributed by atoms with Gasteiger partial charge in [-0.25, -0.2) is 14.5 Å². The monoisotopic (exact) mass is 404 g/mol. The van der Waals surface area contributed by atoms with Gasteiger partial charge in [-0.1, -0.05) is 63.7 Å². The lowest BCUT2D eigenvalue weighted by molar-refractivity contribution is -0.128. The van der Waals surface area contributed by atoms with E-state index in [2.05, 4.69) is 12.2 Å². The van der Waals surface area contributed by atoms with Crippen LogP contribution in [0, 0.1) is 0 Å². The summed E-state index contributed by atoms with van der Waals surface area (Å²) in [6.45, 7) is 5.71. The number of rotatable bonds is 10. The molecule has 0 aromatic carbocycles. The van der Waals surface area contributed by atoms with E-state index in [9.17, 15) is 14.4 Å². The van der Waals surface area contributed by atoms with Crippen LogP contribution < -0.4 is 5.32 Å². The van der Waals surface area contributed by atoms with E-state index in [1.54, 1.807) is 34.0 Å². The maximum atomic E-state index is 12.8. The molecule has 29 heavy (non-hydrogen) atoms. The zero-order valence-corrected chi connectivity index (χ0v) is 18.5. The average Bonchev–Trinajstić information content (AvgIpc) is 2.95. The third-order valence-corrected chi connectivity index (χ3v) is 6.49. The van der Waals surface area contributed by atoms with Gasteiger partial charge in [0.15, 0.2) is 11.3 Å². The Morgan fingerprint density at radius 1 is 0.966 bits per heavy atom. The van der Waals surface area contributed by atoms with Crippen molar-refractivity contribution in [2.45, 2.75) is 83.5 Å². The van der Waals surface area contributed by atoms with Crippen molar-refractivity contribution in [3.8, 4) is 0 Å². The van der Waals surface area contributed by atoms with E-state index < -0.39 is 23.3 Å². The molecule has 7 nitrogen and oxygen atoms in total. The van der Waals surface area contributed by atoms with Crippen molar-refractivity contribution < 1.29 is 14.4 Å². The summed E-state index contributed by atoms with van der Waals surface area (Å²) in [5.74, 6) is -0.441. The normalized spacial score (nSPS) is 26.9. The first-order valence-electron chi connectivity index (χ1n) is 10.7. The number of carbonyl (C=O) groups excluding carboxylic acids is 3. The molecule has 2 saturated heterocycles. The molecule has 2 heterocycles. The summed E-state index contributed by atoms with van der Waals surface area (Å²) in [5, 5.41) is 2.79. The number of nitrogens with zero attached hydrogens (tertiary/aromatic N) is 3. The van der Waals surface area contributed by atoms with Gasteiger partial charge in [0.25, 0.3) is 5.91 Å². The van der Waals surface area contributed by atoms with Crippen molar-refractivity contribution in [3.63, 3.8) is 0 Å². The molecule has 2 atom stereocenters. The van der Waals surface area contributed by atoms with Crippen LogP contribution in [-0.4, -0.2) is 58.1 Å². The van der Waals surface area contributed by atoms with Crippen molar-refractivity contribution in [1.29, 1.82) is 0 Å². The van der Waals surface area contributed by atoms with Crippen LogP contribution in [-0.2, 0) is 4.79 Å². The minimum Gasteiger partial charge on any atom is -0.311 e. The lowest BCUT2D eigenvalue weighted by Gasteiger charge is -2.40. The first-order valence-corrected chi connectivity index (χ1v) is 10.7. The van der Waals surface area contributed by atoms with Gasteiger partial charge in [-0.15, -0.1) is 0 Å². The average molecular weight is 405 g/mol.